The fourth-order valence-electron chi connectivity index (χ4n) is 3.14. The highest BCUT2D eigenvalue weighted by molar-refractivity contribution is 7.89. The molecule has 3 N–H and O–H groups in total. The molecule has 0 saturated heterocycles. The Kier molecular flexibility index (Phi) is 8.13. The highest BCUT2D eigenvalue weighted by Gasteiger charge is 2.27. The predicted molar refractivity (Wildman–Crippen MR) is 127 cm³/mol. The Hall–Kier alpha value is -3.15. The van der Waals surface area contributed by atoms with Crippen molar-refractivity contribution in [1.29, 1.82) is 0 Å². The zero-order chi connectivity index (χ0) is 24.8. The van der Waals surface area contributed by atoms with Gasteiger partial charge < -0.3 is 15.8 Å². The Bertz CT molecular complexity index is 1210. The third kappa shape index (κ3) is 8.01. The molecular formula is C23H30N6O4S. The number of hydrogen-bond donors (Lipinski definition) is 2. The normalized spacial score (nSPS) is 12.9. The summed E-state index contributed by atoms with van der Waals surface area (Å²) < 4.78 is 29.0. The van der Waals surface area contributed by atoms with Crippen molar-refractivity contribution in [3.63, 3.8) is 0 Å². The second kappa shape index (κ2) is 10.9. The molecule has 182 valence electrons. The van der Waals surface area contributed by atoms with Gasteiger partial charge in [-0.3, -0.25) is 4.79 Å². The molecule has 0 aliphatic carbocycles. The van der Waals surface area contributed by atoms with Crippen molar-refractivity contribution in [1.82, 2.24) is 25.5 Å². The van der Waals surface area contributed by atoms with Gasteiger partial charge in [-0.1, -0.05) is 54.6 Å². The summed E-state index contributed by atoms with van der Waals surface area (Å²) in [6.45, 7) is 4.00. The van der Waals surface area contributed by atoms with Crippen LogP contribution in [-0.4, -0.2) is 52.9 Å². The summed E-state index contributed by atoms with van der Waals surface area (Å²) in [5, 5.41) is 15.4. The molecule has 1 heterocycles. The van der Waals surface area contributed by atoms with Gasteiger partial charge in [0.2, 0.25) is 5.91 Å². The quantitative estimate of drug-likeness (QED) is 0.414. The molecule has 0 aliphatic heterocycles. The van der Waals surface area contributed by atoms with Crippen molar-refractivity contribution in [3.05, 3.63) is 77.1 Å². The molecule has 34 heavy (non-hydrogen) atoms. The average Bonchev–Trinajstić information content (AvgIpc) is 3.20. The number of benzene rings is 2. The van der Waals surface area contributed by atoms with E-state index < -0.39 is 21.4 Å². The SMILES string of the molecule is CC(C)(N)C(=O)N[C@H](COCc1ccccc1)c1nnn(Cc2cccc(CS(C)(=O)=O)c2)n1. The smallest absolute Gasteiger partial charge is 0.240 e. The molecule has 0 unspecified atom stereocenters. The Morgan fingerprint density at radius 3 is 2.47 bits per heavy atom. The molecule has 0 radical (unpaired) electrons. The Balaban J connectivity index is 1.72. The first-order valence-corrected chi connectivity index (χ1v) is 12.8. The number of ether oxygens (including phenoxy) is 1. The van der Waals surface area contributed by atoms with Crippen molar-refractivity contribution in [2.24, 2.45) is 5.73 Å². The number of tetrazole rings is 1. The van der Waals surface area contributed by atoms with Gasteiger partial charge in [0, 0.05) is 6.26 Å². The number of rotatable bonds is 11. The van der Waals surface area contributed by atoms with Crippen LogP contribution in [0, 0.1) is 0 Å². The lowest BCUT2D eigenvalue weighted by atomic mass is 10.1. The molecule has 2 aromatic carbocycles. The second-order valence-corrected chi connectivity index (χ2v) is 11.0. The zero-order valence-corrected chi connectivity index (χ0v) is 20.3. The summed E-state index contributed by atoms with van der Waals surface area (Å²) in [5.41, 5.74) is 7.35. The van der Waals surface area contributed by atoms with E-state index in [0.717, 1.165) is 11.1 Å². The summed E-state index contributed by atoms with van der Waals surface area (Å²) in [7, 11) is -3.14. The van der Waals surface area contributed by atoms with Crippen molar-refractivity contribution in [2.45, 2.75) is 44.3 Å². The summed E-state index contributed by atoms with van der Waals surface area (Å²) in [6.07, 6.45) is 1.20. The number of amides is 1. The third-order valence-corrected chi connectivity index (χ3v) is 5.67. The van der Waals surface area contributed by atoms with Crippen LogP contribution in [0.15, 0.2) is 54.6 Å². The first kappa shape index (κ1) is 25.5. The fourth-order valence-corrected chi connectivity index (χ4v) is 3.92. The van der Waals surface area contributed by atoms with Gasteiger partial charge in [0.15, 0.2) is 15.7 Å². The molecule has 0 saturated carbocycles. The van der Waals surface area contributed by atoms with E-state index in [9.17, 15) is 13.2 Å². The average molecular weight is 487 g/mol. The van der Waals surface area contributed by atoms with Gasteiger partial charge in [-0.05, 0) is 35.8 Å². The van der Waals surface area contributed by atoms with Crippen LogP contribution >= 0.6 is 0 Å². The largest absolute Gasteiger partial charge is 0.374 e. The van der Waals surface area contributed by atoms with Crippen molar-refractivity contribution in [3.8, 4) is 0 Å². The third-order valence-electron chi connectivity index (χ3n) is 4.81. The number of aromatic nitrogens is 4. The number of carbonyl (C=O) groups is 1. The zero-order valence-electron chi connectivity index (χ0n) is 19.5. The van der Waals surface area contributed by atoms with Crippen LogP contribution in [0.3, 0.4) is 0 Å². The number of sulfone groups is 1. The molecule has 3 aromatic rings. The van der Waals surface area contributed by atoms with Gasteiger partial charge in [0.05, 0.1) is 31.1 Å². The number of nitrogens with one attached hydrogen (secondary N) is 1. The molecule has 3 rings (SSSR count). The monoisotopic (exact) mass is 486 g/mol. The summed E-state index contributed by atoms with van der Waals surface area (Å²) in [5.74, 6) is -0.123. The Morgan fingerprint density at radius 2 is 1.79 bits per heavy atom. The lowest BCUT2D eigenvalue weighted by Gasteiger charge is -2.22. The van der Waals surface area contributed by atoms with Gasteiger partial charge in [0.1, 0.15) is 6.04 Å². The summed E-state index contributed by atoms with van der Waals surface area (Å²) in [6, 6.07) is 16.2. The second-order valence-electron chi connectivity index (χ2n) is 8.82. The van der Waals surface area contributed by atoms with Gasteiger partial charge in [-0.25, -0.2) is 8.42 Å². The molecule has 1 aromatic heterocycles. The maximum absolute atomic E-state index is 12.5. The van der Waals surface area contributed by atoms with E-state index in [-0.39, 0.29) is 24.1 Å². The van der Waals surface area contributed by atoms with E-state index in [1.165, 1.54) is 11.1 Å². The number of nitrogens with two attached hydrogens (primary N) is 1. The van der Waals surface area contributed by atoms with Crippen LogP contribution in [0.5, 0.6) is 0 Å². The van der Waals surface area contributed by atoms with Crippen LogP contribution in [0.1, 0.15) is 42.4 Å². The highest BCUT2D eigenvalue weighted by atomic mass is 32.2. The van der Waals surface area contributed by atoms with Crippen LogP contribution in [0.25, 0.3) is 0 Å². The maximum atomic E-state index is 12.5. The molecular weight excluding hydrogens is 456 g/mol. The van der Waals surface area contributed by atoms with E-state index in [1.807, 2.05) is 36.4 Å². The van der Waals surface area contributed by atoms with Crippen molar-refractivity contribution < 1.29 is 17.9 Å². The van der Waals surface area contributed by atoms with E-state index in [4.69, 9.17) is 10.5 Å². The van der Waals surface area contributed by atoms with Gasteiger partial charge in [-0.15, -0.1) is 10.2 Å². The van der Waals surface area contributed by atoms with Crippen molar-refractivity contribution >= 4 is 15.7 Å². The molecule has 0 bridgehead atoms. The Labute approximate surface area is 199 Å². The minimum atomic E-state index is -3.14. The molecule has 0 aliphatic rings. The molecule has 11 heteroatoms. The van der Waals surface area contributed by atoms with E-state index in [2.05, 4.69) is 20.7 Å². The van der Waals surface area contributed by atoms with Crippen molar-refractivity contribution in [2.75, 3.05) is 12.9 Å². The summed E-state index contributed by atoms with van der Waals surface area (Å²) >= 11 is 0. The Morgan fingerprint density at radius 1 is 1.12 bits per heavy atom. The van der Waals surface area contributed by atoms with Crippen LogP contribution in [0.4, 0.5) is 0 Å². The van der Waals surface area contributed by atoms with E-state index in [0.29, 0.717) is 18.7 Å². The molecule has 0 fully saturated rings. The standard InChI is InChI=1S/C23H30N6O4S/c1-23(2,24)22(30)25-20(15-33-14-17-8-5-4-6-9-17)21-26-28-29(27-21)13-18-10-7-11-19(12-18)16-34(3,31)32/h4-12,20H,13-16,24H2,1-3H3,(H,25,30)/t20-/m1/s1. The number of carbonyl (C=O) groups excluding carboxylic acids is 1. The molecule has 0 spiro atoms. The highest BCUT2D eigenvalue weighted by Crippen LogP contribution is 2.13. The number of hydrogen-bond acceptors (Lipinski definition) is 8. The first-order chi connectivity index (χ1) is 16.0. The molecule has 10 nitrogen and oxygen atoms in total. The fraction of sp³-hybridized carbons (Fsp3) is 0.391. The van der Waals surface area contributed by atoms with Gasteiger partial charge in [0.25, 0.3) is 0 Å². The van der Waals surface area contributed by atoms with Crippen LogP contribution in [-0.2, 0) is 38.3 Å². The minimum absolute atomic E-state index is 0.0430. The van der Waals surface area contributed by atoms with Gasteiger partial charge >= 0.3 is 0 Å². The number of nitrogens with zero attached hydrogens (tertiary/aromatic N) is 4. The maximum Gasteiger partial charge on any atom is 0.240 e. The lowest BCUT2D eigenvalue weighted by Crippen LogP contribution is -2.50. The minimum Gasteiger partial charge on any atom is -0.374 e. The summed E-state index contributed by atoms with van der Waals surface area (Å²) in [4.78, 5) is 13.9. The topological polar surface area (TPSA) is 142 Å². The lowest BCUT2D eigenvalue weighted by molar-refractivity contribution is -0.126. The van der Waals surface area contributed by atoms with E-state index >= 15 is 0 Å². The molecule has 1 amide bonds. The predicted octanol–water partition coefficient (Wildman–Crippen LogP) is 1.38. The van der Waals surface area contributed by atoms with Crippen LogP contribution in [0.2, 0.25) is 0 Å². The first-order valence-electron chi connectivity index (χ1n) is 10.7. The van der Waals surface area contributed by atoms with Crippen LogP contribution < -0.4 is 11.1 Å². The molecule has 1 atom stereocenters. The van der Waals surface area contributed by atoms with Gasteiger partial charge in [-0.2, -0.15) is 4.80 Å². The van der Waals surface area contributed by atoms with E-state index in [1.54, 1.807) is 32.0 Å².